The van der Waals surface area contributed by atoms with Gasteiger partial charge in [-0.1, -0.05) is 42.5 Å². The van der Waals surface area contributed by atoms with Crippen molar-refractivity contribution in [3.8, 4) is 0 Å². The maximum atomic E-state index is 6.47. The molecule has 0 saturated heterocycles. The first-order valence-corrected chi connectivity index (χ1v) is 10.1. The average Bonchev–Trinajstić information content (AvgIpc) is 3.07. The lowest BCUT2D eigenvalue weighted by molar-refractivity contribution is 0.174. The van der Waals surface area contributed by atoms with Crippen LogP contribution in [-0.4, -0.2) is 8.32 Å². The van der Waals surface area contributed by atoms with Crippen LogP contribution in [0.25, 0.3) is 10.8 Å². The summed E-state index contributed by atoms with van der Waals surface area (Å²) in [6.07, 6.45) is 2.34. The van der Waals surface area contributed by atoms with Crippen LogP contribution >= 0.6 is 0 Å². The molecule has 1 saturated carbocycles. The van der Waals surface area contributed by atoms with Gasteiger partial charge in [0.1, 0.15) is 0 Å². The summed E-state index contributed by atoms with van der Waals surface area (Å²) in [7, 11) is -1.50. The highest BCUT2D eigenvalue weighted by atomic mass is 28.4. The van der Waals surface area contributed by atoms with Crippen LogP contribution in [0.1, 0.15) is 18.4 Å². The molecule has 1 aliphatic rings. The minimum absolute atomic E-state index is 0.0192. The SMILES string of the molecule is C[Si](C)(C)OC1(c2cccc3ccccc23)CC1. The molecule has 0 amide bonds. The van der Waals surface area contributed by atoms with E-state index in [4.69, 9.17) is 4.43 Å². The second-order valence-corrected chi connectivity index (χ2v) is 10.7. The van der Waals surface area contributed by atoms with E-state index in [9.17, 15) is 0 Å². The van der Waals surface area contributed by atoms with E-state index in [-0.39, 0.29) is 5.60 Å². The zero-order chi connectivity index (χ0) is 12.8. The summed E-state index contributed by atoms with van der Waals surface area (Å²) >= 11 is 0. The summed E-state index contributed by atoms with van der Waals surface area (Å²) in [5, 5.41) is 2.68. The van der Waals surface area contributed by atoms with Gasteiger partial charge in [0.25, 0.3) is 0 Å². The predicted octanol–water partition coefficient (Wildman–Crippen LogP) is 4.68. The predicted molar refractivity (Wildman–Crippen MR) is 79.3 cm³/mol. The van der Waals surface area contributed by atoms with Gasteiger partial charge in [-0.25, -0.2) is 0 Å². The second kappa shape index (κ2) is 3.94. The first-order chi connectivity index (χ1) is 8.50. The highest BCUT2D eigenvalue weighted by Crippen LogP contribution is 2.52. The van der Waals surface area contributed by atoms with Crippen molar-refractivity contribution in [2.24, 2.45) is 0 Å². The molecule has 0 atom stereocenters. The molecule has 94 valence electrons. The van der Waals surface area contributed by atoms with Gasteiger partial charge >= 0.3 is 0 Å². The summed E-state index contributed by atoms with van der Waals surface area (Å²) in [5.41, 5.74) is 1.41. The molecule has 18 heavy (non-hydrogen) atoms. The summed E-state index contributed by atoms with van der Waals surface area (Å²) < 4.78 is 6.47. The number of benzene rings is 2. The number of fused-ring (bicyclic) bond motifs is 1. The third kappa shape index (κ3) is 2.11. The molecule has 0 spiro atoms. The molecule has 2 aromatic carbocycles. The molecule has 0 aliphatic heterocycles. The highest BCUT2D eigenvalue weighted by molar-refractivity contribution is 6.69. The number of rotatable bonds is 3. The van der Waals surface area contributed by atoms with Crippen LogP contribution in [-0.2, 0) is 10.0 Å². The van der Waals surface area contributed by atoms with Gasteiger partial charge in [-0.3, -0.25) is 0 Å². The Balaban J connectivity index is 2.10. The number of hydrogen-bond donors (Lipinski definition) is 0. The van der Waals surface area contributed by atoms with E-state index in [2.05, 4.69) is 62.1 Å². The van der Waals surface area contributed by atoms with Crippen molar-refractivity contribution < 1.29 is 4.43 Å². The van der Waals surface area contributed by atoms with Crippen molar-refractivity contribution in [1.29, 1.82) is 0 Å². The lowest BCUT2D eigenvalue weighted by atomic mass is 9.99. The van der Waals surface area contributed by atoms with Gasteiger partial charge in [0.15, 0.2) is 8.32 Å². The van der Waals surface area contributed by atoms with Crippen LogP contribution in [0.3, 0.4) is 0 Å². The van der Waals surface area contributed by atoms with Gasteiger partial charge in [0.05, 0.1) is 5.60 Å². The fraction of sp³-hybridized carbons (Fsp3) is 0.375. The van der Waals surface area contributed by atoms with Gasteiger partial charge in [-0.15, -0.1) is 0 Å². The normalized spacial score (nSPS) is 17.9. The molecule has 3 rings (SSSR count). The molecule has 0 N–H and O–H groups in total. The Morgan fingerprint density at radius 2 is 1.61 bits per heavy atom. The van der Waals surface area contributed by atoms with Crippen LogP contribution in [0.2, 0.25) is 19.6 Å². The zero-order valence-electron chi connectivity index (χ0n) is 11.4. The first-order valence-electron chi connectivity index (χ1n) is 6.69. The Morgan fingerprint density at radius 1 is 0.944 bits per heavy atom. The van der Waals surface area contributed by atoms with E-state index in [1.54, 1.807) is 0 Å². The molecule has 0 bridgehead atoms. The monoisotopic (exact) mass is 256 g/mol. The fourth-order valence-corrected chi connectivity index (χ4v) is 4.24. The lowest BCUT2D eigenvalue weighted by Crippen LogP contribution is -2.32. The minimum Gasteiger partial charge on any atom is -0.408 e. The van der Waals surface area contributed by atoms with Gasteiger partial charge < -0.3 is 4.43 Å². The topological polar surface area (TPSA) is 9.23 Å². The molecule has 0 radical (unpaired) electrons. The summed E-state index contributed by atoms with van der Waals surface area (Å²) in [5.74, 6) is 0. The first kappa shape index (κ1) is 11.9. The van der Waals surface area contributed by atoms with Crippen LogP contribution < -0.4 is 0 Å². The molecule has 0 aromatic heterocycles. The van der Waals surface area contributed by atoms with Crippen molar-refractivity contribution in [1.82, 2.24) is 0 Å². The van der Waals surface area contributed by atoms with Gasteiger partial charge in [0, 0.05) is 0 Å². The van der Waals surface area contributed by atoms with Crippen LogP contribution in [0.5, 0.6) is 0 Å². The molecule has 0 unspecified atom stereocenters. The molecule has 1 fully saturated rings. The van der Waals surface area contributed by atoms with Gasteiger partial charge in [-0.2, -0.15) is 0 Å². The van der Waals surface area contributed by atoms with Crippen LogP contribution in [0.4, 0.5) is 0 Å². The van der Waals surface area contributed by atoms with Crippen LogP contribution in [0, 0.1) is 0 Å². The molecule has 2 heteroatoms. The van der Waals surface area contributed by atoms with Crippen molar-refractivity contribution in [3.63, 3.8) is 0 Å². The summed E-state index contributed by atoms with van der Waals surface area (Å²) in [6.45, 7) is 6.83. The summed E-state index contributed by atoms with van der Waals surface area (Å²) in [6, 6.07) is 15.2. The Bertz CT molecular complexity index is 574. The van der Waals surface area contributed by atoms with Crippen molar-refractivity contribution >= 4 is 19.1 Å². The number of hydrogen-bond acceptors (Lipinski definition) is 1. The fourth-order valence-electron chi connectivity index (χ4n) is 2.75. The van der Waals surface area contributed by atoms with E-state index in [0.29, 0.717) is 0 Å². The molecule has 1 aliphatic carbocycles. The van der Waals surface area contributed by atoms with E-state index in [0.717, 1.165) is 0 Å². The van der Waals surface area contributed by atoms with Crippen molar-refractivity contribution in [2.75, 3.05) is 0 Å². The quantitative estimate of drug-likeness (QED) is 0.724. The Hall–Kier alpha value is -1.12. The van der Waals surface area contributed by atoms with E-state index in [1.165, 1.54) is 29.2 Å². The van der Waals surface area contributed by atoms with Gasteiger partial charge in [0.2, 0.25) is 0 Å². The zero-order valence-corrected chi connectivity index (χ0v) is 12.4. The smallest absolute Gasteiger partial charge is 0.184 e. The van der Waals surface area contributed by atoms with Crippen molar-refractivity contribution in [3.05, 3.63) is 48.0 Å². The largest absolute Gasteiger partial charge is 0.408 e. The van der Waals surface area contributed by atoms with E-state index in [1.807, 2.05) is 0 Å². The third-order valence-corrected chi connectivity index (χ3v) is 4.49. The minimum atomic E-state index is -1.50. The third-order valence-electron chi connectivity index (χ3n) is 3.49. The average molecular weight is 256 g/mol. The molecule has 2 aromatic rings. The second-order valence-electron chi connectivity index (χ2n) is 6.24. The Morgan fingerprint density at radius 3 is 2.28 bits per heavy atom. The van der Waals surface area contributed by atoms with E-state index < -0.39 is 8.32 Å². The molecular formula is C16H20OSi. The van der Waals surface area contributed by atoms with E-state index >= 15 is 0 Å². The molecule has 1 nitrogen and oxygen atoms in total. The molecular weight excluding hydrogens is 236 g/mol. The maximum absolute atomic E-state index is 6.47. The van der Waals surface area contributed by atoms with Gasteiger partial charge in [-0.05, 0) is 48.8 Å². The highest BCUT2D eigenvalue weighted by Gasteiger charge is 2.48. The summed E-state index contributed by atoms with van der Waals surface area (Å²) in [4.78, 5) is 0. The standard InChI is InChI=1S/C16H20OSi/c1-18(2,3)17-16(11-12-16)15-10-6-8-13-7-4-5-9-14(13)15/h4-10H,11-12H2,1-3H3. The Kier molecular flexibility index (Phi) is 2.61. The maximum Gasteiger partial charge on any atom is 0.184 e. The van der Waals surface area contributed by atoms with Crippen molar-refractivity contribution in [2.45, 2.75) is 38.1 Å². The van der Waals surface area contributed by atoms with Crippen LogP contribution in [0.15, 0.2) is 42.5 Å². The molecule has 0 heterocycles. The Labute approximate surface area is 110 Å². The lowest BCUT2D eigenvalue weighted by Gasteiger charge is -2.27.